The van der Waals surface area contributed by atoms with Crippen LogP contribution in [0.15, 0.2) is 59.3 Å². The molecule has 3 heterocycles. The normalized spacial score (nSPS) is 15.4. The summed E-state index contributed by atoms with van der Waals surface area (Å²) in [6.07, 6.45) is 5.14. The molecule has 2 fully saturated rings. The largest absolute Gasteiger partial charge is 0.489 e. The van der Waals surface area contributed by atoms with Gasteiger partial charge in [-0.15, -0.1) is 24.8 Å². The van der Waals surface area contributed by atoms with Crippen LogP contribution in [0.2, 0.25) is 0 Å². The van der Waals surface area contributed by atoms with Crippen molar-refractivity contribution in [1.29, 1.82) is 0 Å². The van der Waals surface area contributed by atoms with E-state index in [0.717, 1.165) is 25.0 Å². The molecule has 18 heteroatoms. The molecule has 1 aliphatic heterocycles. The van der Waals surface area contributed by atoms with Crippen molar-refractivity contribution in [2.45, 2.75) is 38.5 Å². The fraction of sp³-hybridized carbons (Fsp3) is 0.364. The van der Waals surface area contributed by atoms with Crippen LogP contribution in [0.4, 0.5) is 23.5 Å². The van der Waals surface area contributed by atoms with Crippen molar-refractivity contribution in [2.75, 3.05) is 37.7 Å². The van der Waals surface area contributed by atoms with Crippen molar-refractivity contribution >= 4 is 42.6 Å². The molecule has 2 aromatic heterocycles. The fourth-order valence-corrected chi connectivity index (χ4v) is 5.34. The van der Waals surface area contributed by atoms with Crippen LogP contribution in [-0.4, -0.2) is 71.1 Å². The molecule has 3 N–H and O–H groups in total. The number of halogens is 6. The van der Waals surface area contributed by atoms with E-state index in [1.54, 1.807) is 25.4 Å². The maximum atomic E-state index is 15.2. The maximum absolute atomic E-state index is 15.2. The topological polar surface area (TPSA) is 149 Å². The van der Waals surface area contributed by atoms with Gasteiger partial charge in [0.05, 0.1) is 12.6 Å². The summed E-state index contributed by atoms with van der Waals surface area (Å²) in [6, 6.07) is 6.04. The average molecular weight is 757 g/mol. The standard InChI is InChI=1S/C33H33F4N7O5.2ClH/c1-18(38)28-27(42-30(49-28)20-5-8-24(48-32(36)37)25(15-20)47-17-19-3-4-19)29(45)41-26(22-7-6-21(34)16-23(22)35)31(46)43-11-13-44(14-12-43)33-39-9-2-10-40-33;;/h2,5-10,15-16,18-19,26,32H,3-4,11-14,17,38H2,1H3,(H,41,45);2*1H/t18-,26?;;/m0../s1. The molecular weight excluding hydrogens is 721 g/mol. The summed E-state index contributed by atoms with van der Waals surface area (Å²) in [5.74, 6) is -2.93. The summed E-state index contributed by atoms with van der Waals surface area (Å²) >= 11 is 0. The van der Waals surface area contributed by atoms with Crippen molar-refractivity contribution in [2.24, 2.45) is 11.7 Å². The van der Waals surface area contributed by atoms with E-state index in [-0.39, 0.29) is 77.9 Å². The lowest BCUT2D eigenvalue weighted by Gasteiger charge is -2.36. The number of amides is 2. The third-order valence-corrected chi connectivity index (χ3v) is 8.08. The number of hydrogen-bond donors (Lipinski definition) is 2. The first-order chi connectivity index (χ1) is 23.6. The Hall–Kier alpha value is -4.67. The summed E-state index contributed by atoms with van der Waals surface area (Å²) in [5, 5.41) is 2.55. The lowest BCUT2D eigenvalue weighted by Crippen LogP contribution is -2.52. The molecular formula is C33H35Cl2F4N7O5. The third kappa shape index (κ3) is 9.36. The smallest absolute Gasteiger partial charge is 0.387 e. The molecule has 274 valence electrons. The molecule has 0 bridgehead atoms. The van der Waals surface area contributed by atoms with Gasteiger partial charge in [0.1, 0.15) is 17.7 Å². The number of rotatable bonds is 12. The molecule has 2 atom stereocenters. The van der Waals surface area contributed by atoms with E-state index in [1.807, 2.05) is 4.90 Å². The molecule has 4 aromatic rings. The Balaban J connectivity index is 0.00000292. The van der Waals surface area contributed by atoms with E-state index in [4.69, 9.17) is 14.9 Å². The number of nitrogens with zero attached hydrogens (tertiary/aromatic N) is 5. The number of hydrogen-bond acceptors (Lipinski definition) is 10. The number of alkyl halides is 2. The number of nitrogens with two attached hydrogens (primary N) is 1. The van der Waals surface area contributed by atoms with Crippen molar-refractivity contribution in [3.8, 4) is 23.0 Å². The van der Waals surface area contributed by atoms with Crippen LogP contribution < -0.4 is 25.4 Å². The minimum atomic E-state index is -3.08. The van der Waals surface area contributed by atoms with E-state index in [2.05, 4.69) is 25.0 Å². The second kappa shape index (κ2) is 17.0. The Morgan fingerprint density at radius 1 is 1.02 bits per heavy atom. The molecule has 1 saturated carbocycles. The lowest BCUT2D eigenvalue weighted by molar-refractivity contribution is -0.133. The average Bonchev–Trinajstić information content (AvgIpc) is 3.81. The highest BCUT2D eigenvalue weighted by Crippen LogP contribution is 2.37. The van der Waals surface area contributed by atoms with E-state index >= 15 is 4.39 Å². The van der Waals surface area contributed by atoms with Crippen LogP contribution in [0.5, 0.6) is 11.5 Å². The second-order valence-electron chi connectivity index (χ2n) is 11.7. The summed E-state index contributed by atoms with van der Waals surface area (Å²) < 4.78 is 71.4. The maximum Gasteiger partial charge on any atom is 0.387 e. The Morgan fingerprint density at radius 2 is 1.73 bits per heavy atom. The van der Waals surface area contributed by atoms with Crippen LogP contribution in [0.3, 0.4) is 0 Å². The monoisotopic (exact) mass is 755 g/mol. The first kappa shape index (κ1) is 39.1. The van der Waals surface area contributed by atoms with Gasteiger partial charge >= 0.3 is 6.61 Å². The molecule has 1 saturated heterocycles. The number of carbonyl (C=O) groups is 2. The van der Waals surface area contributed by atoms with Crippen LogP contribution >= 0.6 is 24.8 Å². The van der Waals surface area contributed by atoms with Crippen molar-refractivity contribution in [1.82, 2.24) is 25.2 Å². The van der Waals surface area contributed by atoms with Gasteiger partial charge in [0.15, 0.2) is 23.0 Å². The molecule has 0 spiro atoms. The summed E-state index contributed by atoms with van der Waals surface area (Å²) in [6.45, 7) is -0.0709. The molecule has 2 aromatic carbocycles. The quantitative estimate of drug-likeness (QED) is 0.178. The fourth-order valence-electron chi connectivity index (χ4n) is 5.34. The molecule has 1 aliphatic carbocycles. The van der Waals surface area contributed by atoms with Gasteiger partial charge in [0.2, 0.25) is 17.7 Å². The lowest BCUT2D eigenvalue weighted by atomic mass is 10.0. The minimum absolute atomic E-state index is 0. The SMILES string of the molecule is C[C@H](N)c1oc(-c2ccc(OC(F)F)c(OCC3CC3)c2)nc1C(=O)NC(C(=O)N1CCN(c2ncccn2)CC1)c1ccc(F)cc1F.Cl.Cl. The van der Waals surface area contributed by atoms with E-state index in [9.17, 15) is 22.8 Å². The van der Waals surface area contributed by atoms with Gasteiger partial charge < -0.3 is 34.7 Å². The van der Waals surface area contributed by atoms with Gasteiger partial charge in [-0.25, -0.2) is 23.7 Å². The van der Waals surface area contributed by atoms with E-state index in [1.165, 1.54) is 23.1 Å². The Kier molecular flexibility index (Phi) is 13.1. The first-order valence-corrected chi connectivity index (χ1v) is 15.6. The van der Waals surface area contributed by atoms with Gasteiger partial charge in [-0.2, -0.15) is 8.78 Å². The van der Waals surface area contributed by atoms with Gasteiger partial charge in [0, 0.05) is 55.8 Å². The zero-order valence-electron chi connectivity index (χ0n) is 27.1. The summed E-state index contributed by atoms with van der Waals surface area (Å²) in [7, 11) is 0. The van der Waals surface area contributed by atoms with Crippen molar-refractivity contribution < 1.29 is 41.0 Å². The molecule has 0 radical (unpaired) electrons. The van der Waals surface area contributed by atoms with Gasteiger partial charge in [0.25, 0.3) is 5.91 Å². The van der Waals surface area contributed by atoms with Crippen molar-refractivity contribution in [3.63, 3.8) is 0 Å². The van der Waals surface area contributed by atoms with Crippen LogP contribution in [-0.2, 0) is 4.79 Å². The van der Waals surface area contributed by atoms with E-state index in [0.29, 0.717) is 37.6 Å². The van der Waals surface area contributed by atoms with Gasteiger partial charge in [-0.3, -0.25) is 9.59 Å². The molecule has 2 aliphatic rings. The number of ether oxygens (including phenoxy) is 2. The minimum Gasteiger partial charge on any atom is -0.489 e. The summed E-state index contributed by atoms with van der Waals surface area (Å²) in [5.41, 5.74) is 5.85. The first-order valence-electron chi connectivity index (χ1n) is 15.6. The number of piperazine rings is 1. The highest BCUT2D eigenvalue weighted by molar-refractivity contribution is 5.97. The van der Waals surface area contributed by atoms with Crippen LogP contribution in [0.25, 0.3) is 11.5 Å². The molecule has 6 rings (SSSR count). The second-order valence-corrected chi connectivity index (χ2v) is 11.7. The number of benzene rings is 2. The number of aromatic nitrogens is 3. The Labute approximate surface area is 302 Å². The highest BCUT2D eigenvalue weighted by Gasteiger charge is 2.34. The highest BCUT2D eigenvalue weighted by atomic mass is 35.5. The van der Waals surface area contributed by atoms with Crippen molar-refractivity contribution in [3.05, 3.63) is 83.5 Å². The van der Waals surface area contributed by atoms with Gasteiger partial charge in [-0.05, 0) is 56.0 Å². The Morgan fingerprint density at radius 3 is 2.35 bits per heavy atom. The number of nitrogens with one attached hydrogen (secondary N) is 1. The molecule has 51 heavy (non-hydrogen) atoms. The zero-order chi connectivity index (χ0) is 34.7. The predicted molar refractivity (Wildman–Crippen MR) is 181 cm³/mol. The number of anilines is 1. The number of oxazole rings is 1. The van der Waals surface area contributed by atoms with Gasteiger partial charge in [-0.1, -0.05) is 6.07 Å². The number of carbonyl (C=O) groups excluding carboxylic acids is 2. The zero-order valence-corrected chi connectivity index (χ0v) is 28.8. The van der Waals surface area contributed by atoms with E-state index < -0.39 is 42.1 Å². The molecule has 2 amide bonds. The third-order valence-electron chi connectivity index (χ3n) is 8.08. The Bertz CT molecular complexity index is 1810. The molecule has 1 unspecified atom stereocenters. The van der Waals surface area contributed by atoms with Crippen LogP contribution in [0.1, 0.15) is 53.7 Å². The van der Waals surface area contributed by atoms with Crippen LogP contribution in [0, 0.1) is 17.6 Å². The predicted octanol–water partition coefficient (Wildman–Crippen LogP) is 5.48. The summed E-state index contributed by atoms with van der Waals surface area (Å²) in [4.78, 5) is 43.9. The molecule has 12 nitrogen and oxygen atoms in total.